The smallest absolute Gasteiger partial charge is 0.240 e. The lowest BCUT2D eigenvalue weighted by atomic mass is 10.1. The maximum absolute atomic E-state index is 12.5. The van der Waals surface area contributed by atoms with Gasteiger partial charge >= 0.3 is 0 Å². The van der Waals surface area contributed by atoms with Crippen LogP contribution in [0.3, 0.4) is 0 Å². The van der Waals surface area contributed by atoms with Crippen molar-refractivity contribution in [3.8, 4) is 5.75 Å². The highest BCUT2D eigenvalue weighted by Gasteiger charge is 2.19. The van der Waals surface area contributed by atoms with Crippen LogP contribution in [0.2, 0.25) is 0 Å². The number of hydrogen-bond acceptors (Lipinski definition) is 3. The van der Waals surface area contributed by atoms with E-state index in [0.717, 1.165) is 42.6 Å². The third-order valence-electron chi connectivity index (χ3n) is 4.60. The van der Waals surface area contributed by atoms with Crippen molar-refractivity contribution in [1.82, 2.24) is 4.72 Å². The number of ether oxygens (including phenoxy) is 1. The quantitative estimate of drug-likeness (QED) is 0.938. The summed E-state index contributed by atoms with van der Waals surface area (Å²) in [5.41, 5.74) is 4.56. The number of aryl methyl sites for hydroxylation is 2. The van der Waals surface area contributed by atoms with Crippen molar-refractivity contribution in [1.29, 1.82) is 0 Å². The molecule has 120 valence electrons. The lowest BCUT2D eigenvalue weighted by Crippen LogP contribution is -2.23. The van der Waals surface area contributed by atoms with Gasteiger partial charge in [0, 0.05) is 13.0 Å². The number of nitrogens with one attached hydrogen (secondary N) is 1. The van der Waals surface area contributed by atoms with Gasteiger partial charge in [-0.2, -0.15) is 0 Å². The Bertz CT molecular complexity index is 859. The van der Waals surface area contributed by atoms with E-state index in [2.05, 4.69) is 4.72 Å². The molecule has 0 spiro atoms. The predicted octanol–water partition coefficient (Wildman–Crippen LogP) is 2.59. The number of fused-ring (bicyclic) bond motifs is 2. The molecular formula is C18H19NO3S. The van der Waals surface area contributed by atoms with Gasteiger partial charge in [0.2, 0.25) is 10.0 Å². The van der Waals surface area contributed by atoms with Crippen LogP contribution in [0.15, 0.2) is 41.3 Å². The highest BCUT2D eigenvalue weighted by atomic mass is 32.2. The minimum Gasteiger partial charge on any atom is -0.493 e. The van der Waals surface area contributed by atoms with Crippen LogP contribution >= 0.6 is 0 Å². The zero-order chi connectivity index (χ0) is 15.9. The molecule has 2 aliphatic rings. The van der Waals surface area contributed by atoms with Crippen LogP contribution in [0.5, 0.6) is 5.75 Å². The fourth-order valence-corrected chi connectivity index (χ4v) is 4.39. The summed E-state index contributed by atoms with van der Waals surface area (Å²) in [6.07, 6.45) is 4.04. The maximum Gasteiger partial charge on any atom is 0.240 e. The average Bonchev–Trinajstić information content (AvgIpc) is 3.20. The van der Waals surface area contributed by atoms with E-state index in [-0.39, 0.29) is 0 Å². The number of sulfonamides is 1. The molecule has 2 aromatic carbocycles. The second-order valence-electron chi connectivity index (χ2n) is 6.15. The molecule has 1 aliphatic carbocycles. The Labute approximate surface area is 136 Å². The van der Waals surface area contributed by atoms with Gasteiger partial charge in [-0.15, -0.1) is 0 Å². The molecule has 0 unspecified atom stereocenters. The van der Waals surface area contributed by atoms with E-state index in [1.807, 2.05) is 30.3 Å². The molecule has 5 heteroatoms. The van der Waals surface area contributed by atoms with E-state index in [1.54, 1.807) is 6.07 Å². The molecule has 0 aromatic heterocycles. The van der Waals surface area contributed by atoms with Crippen LogP contribution in [0.25, 0.3) is 0 Å². The topological polar surface area (TPSA) is 55.4 Å². The third kappa shape index (κ3) is 2.86. The predicted molar refractivity (Wildman–Crippen MR) is 88.1 cm³/mol. The molecule has 0 saturated carbocycles. The fraction of sp³-hybridized carbons (Fsp3) is 0.333. The number of benzene rings is 2. The monoisotopic (exact) mass is 329 g/mol. The summed E-state index contributed by atoms with van der Waals surface area (Å²) in [4.78, 5) is 0.364. The first-order valence-electron chi connectivity index (χ1n) is 7.98. The molecule has 1 heterocycles. The Kier molecular flexibility index (Phi) is 3.62. The first kappa shape index (κ1) is 14.7. The third-order valence-corrected chi connectivity index (χ3v) is 6.00. The van der Waals surface area contributed by atoms with Gasteiger partial charge in [0.05, 0.1) is 11.5 Å². The van der Waals surface area contributed by atoms with Gasteiger partial charge in [-0.1, -0.05) is 18.2 Å². The number of rotatable bonds is 4. The molecule has 0 atom stereocenters. The van der Waals surface area contributed by atoms with E-state index in [4.69, 9.17) is 4.74 Å². The molecule has 4 rings (SSSR count). The van der Waals surface area contributed by atoms with Crippen LogP contribution in [-0.4, -0.2) is 15.0 Å². The van der Waals surface area contributed by atoms with Gasteiger partial charge in [-0.25, -0.2) is 13.1 Å². The summed E-state index contributed by atoms with van der Waals surface area (Å²) >= 11 is 0. The van der Waals surface area contributed by atoms with E-state index >= 15 is 0 Å². The van der Waals surface area contributed by atoms with Crippen molar-refractivity contribution < 1.29 is 13.2 Å². The molecule has 1 aliphatic heterocycles. The van der Waals surface area contributed by atoms with Crippen LogP contribution in [0.1, 0.15) is 28.7 Å². The summed E-state index contributed by atoms with van der Waals surface area (Å²) in [5, 5.41) is 0. The van der Waals surface area contributed by atoms with Crippen LogP contribution in [0.4, 0.5) is 0 Å². The van der Waals surface area contributed by atoms with Gasteiger partial charge in [-0.05, 0) is 59.7 Å². The average molecular weight is 329 g/mol. The highest BCUT2D eigenvalue weighted by Crippen LogP contribution is 2.27. The van der Waals surface area contributed by atoms with Crippen LogP contribution in [0, 0.1) is 0 Å². The molecule has 0 saturated heterocycles. The van der Waals surface area contributed by atoms with Gasteiger partial charge in [0.1, 0.15) is 5.75 Å². The summed E-state index contributed by atoms with van der Waals surface area (Å²) in [6, 6.07) is 11.3. The van der Waals surface area contributed by atoms with Gasteiger partial charge < -0.3 is 4.74 Å². The van der Waals surface area contributed by atoms with Gasteiger partial charge in [0.25, 0.3) is 0 Å². The Morgan fingerprint density at radius 1 is 0.957 bits per heavy atom. The molecule has 0 radical (unpaired) electrons. The van der Waals surface area contributed by atoms with Crippen molar-refractivity contribution in [2.24, 2.45) is 0 Å². The van der Waals surface area contributed by atoms with Crippen molar-refractivity contribution in [3.05, 3.63) is 58.7 Å². The summed E-state index contributed by atoms with van der Waals surface area (Å²) in [6.45, 7) is 1.01. The largest absolute Gasteiger partial charge is 0.493 e. The summed E-state index contributed by atoms with van der Waals surface area (Å²) in [5.74, 6) is 0.912. The van der Waals surface area contributed by atoms with Crippen LogP contribution in [-0.2, 0) is 35.8 Å². The lowest BCUT2D eigenvalue weighted by molar-refractivity contribution is 0.357. The molecule has 4 nitrogen and oxygen atoms in total. The zero-order valence-electron chi connectivity index (χ0n) is 12.8. The van der Waals surface area contributed by atoms with E-state index in [1.165, 1.54) is 11.1 Å². The Morgan fingerprint density at radius 2 is 1.83 bits per heavy atom. The fourth-order valence-electron chi connectivity index (χ4n) is 3.33. The SMILES string of the molecule is O=S(=O)(NCc1ccc2c(c1)CCO2)c1ccc2c(c1)CCC2. The molecule has 0 bridgehead atoms. The van der Waals surface area contributed by atoms with Crippen LogP contribution < -0.4 is 9.46 Å². The van der Waals surface area contributed by atoms with Crippen molar-refractivity contribution >= 4 is 10.0 Å². The molecule has 0 fully saturated rings. The number of hydrogen-bond donors (Lipinski definition) is 1. The normalized spacial score (nSPS) is 16.0. The van der Waals surface area contributed by atoms with E-state index < -0.39 is 10.0 Å². The second-order valence-corrected chi connectivity index (χ2v) is 7.92. The standard InChI is InChI=1S/C18H19NO3S/c20-23(21,17-6-5-14-2-1-3-15(14)11-17)19-12-13-4-7-18-16(10-13)8-9-22-18/h4-7,10-11,19H,1-3,8-9,12H2. The molecule has 1 N–H and O–H groups in total. The zero-order valence-corrected chi connectivity index (χ0v) is 13.7. The summed E-state index contributed by atoms with van der Waals surface area (Å²) < 4.78 is 33.2. The molecule has 2 aromatic rings. The van der Waals surface area contributed by atoms with Crippen molar-refractivity contribution in [2.45, 2.75) is 37.1 Å². The van der Waals surface area contributed by atoms with Gasteiger partial charge in [-0.3, -0.25) is 0 Å². The first-order chi connectivity index (χ1) is 11.1. The van der Waals surface area contributed by atoms with E-state index in [0.29, 0.717) is 18.0 Å². The Hall–Kier alpha value is -1.85. The minimum atomic E-state index is -3.48. The molecular weight excluding hydrogens is 310 g/mol. The first-order valence-corrected chi connectivity index (χ1v) is 9.46. The van der Waals surface area contributed by atoms with Crippen molar-refractivity contribution in [2.75, 3.05) is 6.61 Å². The van der Waals surface area contributed by atoms with E-state index in [9.17, 15) is 8.42 Å². The maximum atomic E-state index is 12.5. The Balaban J connectivity index is 1.51. The second kappa shape index (κ2) is 5.65. The Morgan fingerprint density at radius 3 is 2.74 bits per heavy atom. The molecule has 23 heavy (non-hydrogen) atoms. The highest BCUT2D eigenvalue weighted by molar-refractivity contribution is 7.89. The minimum absolute atomic E-state index is 0.298. The lowest BCUT2D eigenvalue weighted by Gasteiger charge is -2.09. The van der Waals surface area contributed by atoms with Gasteiger partial charge in [0.15, 0.2) is 0 Å². The molecule has 0 amide bonds. The summed E-state index contributed by atoms with van der Waals surface area (Å²) in [7, 11) is -3.48. The van der Waals surface area contributed by atoms with Crippen molar-refractivity contribution in [3.63, 3.8) is 0 Å².